The average molecular weight is 256 g/mol. The second kappa shape index (κ2) is 6.90. The Morgan fingerprint density at radius 3 is 2.84 bits per heavy atom. The lowest BCUT2D eigenvalue weighted by atomic mass is 10.1. The van der Waals surface area contributed by atoms with Crippen molar-refractivity contribution in [3.63, 3.8) is 0 Å². The molecule has 3 nitrogen and oxygen atoms in total. The number of aromatic nitrogens is 1. The maximum absolute atomic E-state index is 5.50. The molecule has 1 atom stereocenters. The van der Waals surface area contributed by atoms with Crippen LogP contribution in [0.25, 0.3) is 0 Å². The highest BCUT2D eigenvalue weighted by molar-refractivity contribution is 5.28. The van der Waals surface area contributed by atoms with E-state index in [1.807, 2.05) is 43.5 Å². The van der Waals surface area contributed by atoms with Gasteiger partial charge < -0.3 is 10.1 Å². The third-order valence-corrected chi connectivity index (χ3v) is 2.95. The van der Waals surface area contributed by atoms with Gasteiger partial charge in [0.05, 0.1) is 12.3 Å². The third kappa shape index (κ3) is 4.07. The number of hydrogen-bond donors (Lipinski definition) is 1. The molecule has 0 aliphatic heterocycles. The molecule has 0 fully saturated rings. The predicted octanol–water partition coefficient (Wildman–Crippen LogP) is 3.33. The molecule has 1 aromatic carbocycles. The zero-order valence-corrected chi connectivity index (χ0v) is 11.5. The molecule has 1 aromatic heterocycles. The van der Waals surface area contributed by atoms with Gasteiger partial charge in [0.1, 0.15) is 5.75 Å². The van der Waals surface area contributed by atoms with Crippen molar-refractivity contribution in [2.24, 2.45) is 0 Å². The Balaban J connectivity index is 1.93. The smallest absolute Gasteiger partial charge is 0.119 e. The monoisotopic (exact) mass is 256 g/mol. The van der Waals surface area contributed by atoms with Gasteiger partial charge in [-0.1, -0.05) is 18.2 Å². The normalized spacial score (nSPS) is 12.1. The predicted molar refractivity (Wildman–Crippen MR) is 77.1 cm³/mol. The van der Waals surface area contributed by atoms with Crippen molar-refractivity contribution < 1.29 is 4.74 Å². The lowest BCUT2D eigenvalue weighted by Crippen LogP contribution is -2.18. The molecule has 0 aliphatic rings. The Hall–Kier alpha value is -1.87. The average Bonchev–Trinajstić information content (AvgIpc) is 2.46. The first-order chi connectivity index (χ1) is 9.29. The summed E-state index contributed by atoms with van der Waals surface area (Å²) in [5.74, 6) is 0.923. The van der Waals surface area contributed by atoms with E-state index in [0.29, 0.717) is 6.61 Å². The molecule has 0 spiro atoms. The van der Waals surface area contributed by atoms with Crippen LogP contribution in [0.15, 0.2) is 48.7 Å². The molecule has 0 bridgehead atoms. The maximum Gasteiger partial charge on any atom is 0.119 e. The molecule has 0 aliphatic carbocycles. The van der Waals surface area contributed by atoms with E-state index in [1.54, 1.807) is 0 Å². The maximum atomic E-state index is 5.50. The summed E-state index contributed by atoms with van der Waals surface area (Å²) in [6.07, 6.45) is 1.82. The van der Waals surface area contributed by atoms with E-state index >= 15 is 0 Å². The molecule has 0 saturated carbocycles. The van der Waals surface area contributed by atoms with E-state index in [-0.39, 0.29) is 6.04 Å². The van der Waals surface area contributed by atoms with E-state index in [4.69, 9.17) is 4.74 Å². The fraction of sp³-hybridized carbons (Fsp3) is 0.312. The van der Waals surface area contributed by atoms with Crippen LogP contribution in [-0.4, -0.2) is 11.6 Å². The fourth-order valence-electron chi connectivity index (χ4n) is 1.92. The van der Waals surface area contributed by atoms with Crippen LogP contribution in [0.1, 0.15) is 31.1 Å². The van der Waals surface area contributed by atoms with Crippen molar-refractivity contribution in [1.82, 2.24) is 10.3 Å². The number of rotatable bonds is 6. The van der Waals surface area contributed by atoms with Crippen molar-refractivity contribution in [2.45, 2.75) is 26.4 Å². The quantitative estimate of drug-likeness (QED) is 0.860. The molecular formula is C16H20N2O. The number of benzene rings is 1. The van der Waals surface area contributed by atoms with Crippen molar-refractivity contribution in [3.05, 3.63) is 59.9 Å². The summed E-state index contributed by atoms with van der Waals surface area (Å²) < 4.78 is 5.50. The van der Waals surface area contributed by atoms with E-state index < -0.39 is 0 Å². The van der Waals surface area contributed by atoms with Crippen LogP contribution < -0.4 is 10.1 Å². The minimum absolute atomic E-state index is 0.233. The summed E-state index contributed by atoms with van der Waals surface area (Å²) in [6, 6.07) is 14.4. The van der Waals surface area contributed by atoms with E-state index in [0.717, 1.165) is 18.0 Å². The minimum atomic E-state index is 0.233. The lowest BCUT2D eigenvalue weighted by Gasteiger charge is -2.13. The molecule has 1 N–H and O–H groups in total. The van der Waals surface area contributed by atoms with Crippen LogP contribution in [0.2, 0.25) is 0 Å². The van der Waals surface area contributed by atoms with Crippen LogP contribution in [-0.2, 0) is 6.54 Å². The zero-order valence-electron chi connectivity index (χ0n) is 11.5. The van der Waals surface area contributed by atoms with Crippen LogP contribution >= 0.6 is 0 Å². The number of hydrogen-bond acceptors (Lipinski definition) is 3. The SMILES string of the molecule is CCOc1cccc(CN[C@@H](C)c2ccccn2)c1. The van der Waals surface area contributed by atoms with Crippen molar-refractivity contribution in [2.75, 3.05) is 6.61 Å². The molecular weight excluding hydrogens is 236 g/mol. The first-order valence-electron chi connectivity index (χ1n) is 6.65. The second-order valence-corrected chi connectivity index (χ2v) is 4.44. The minimum Gasteiger partial charge on any atom is -0.494 e. The topological polar surface area (TPSA) is 34.1 Å². The molecule has 2 aromatic rings. The Morgan fingerprint density at radius 1 is 1.21 bits per heavy atom. The van der Waals surface area contributed by atoms with Gasteiger partial charge in [0.25, 0.3) is 0 Å². The van der Waals surface area contributed by atoms with Gasteiger partial charge >= 0.3 is 0 Å². The van der Waals surface area contributed by atoms with Gasteiger partial charge in [-0.3, -0.25) is 4.98 Å². The molecule has 100 valence electrons. The molecule has 0 radical (unpaired) electrons. The summed E-state index contributed by atoms with van der Waals surface area (Å²) in [5, 5.41) is 3.47. The summed E-state index contributed by atoms with van der Waals surface area (Å²) in [7, 11) is 0. The summed E-state index contributed by atoms with van der Waals surface area (Å²) in [6.45, 7) is 5.61. The van der Waals surface area contributed by atoms with E-state index in [1.165, 1.54) is 5.56 Å². The highest BCUT2D eigenvalue weighted by Crippen LogP contribution is 2.15. The fourth-order valence-corrected chi connectivity index (χ4v) is 1.92. The Kier molecular flexibility index (Phi) is 4.93. The first-order valence-corrected chi connectivity index (χ1v) is 6.65. The van der Waals surface area contributed by atoms with Gasteiger partial charge in [-0.05, 0) is 43.7 Å². The number of nitrogens with one attached hydrogen (secondary N) is 1. The molecule has 0 amide bonds. The largest absolute Gasteiger partial charge is 0.494 e. The highest BCUT2D eigenvalue weighted by atomic mass is 16.5. The Morgan fingerprint density at radius 2 is 2.11 bits per heavy atom. The summed E-state index contributed by atoms with van der Waals surface area (Å²) >= 11 is 0. The van der Waals surface area contributed by atoms with Gasteiger partial charge in [0.15, 0.2) is 0 Å². The standard InChI is InChI=1S/C16H20N2O/c1-3-19-15-8-6-7-14(11-15)12-18-13(2)16-9-4-5-10-17-16/h4-11,13,18H,3,12H2,1-2H3/t13-/m0/s1. The van der Waals surface area contributed by atoms with Crippen molar-refractivity contribution in [3.8, 4) is 5.75 Å². The molecule has 19 heavy (non-hydrogen) atoms. The van der Waals surface area contributed by atoms with E-state index in [9.17, 15) is 0 Å². The van der Waals surface area contributed by atoms with E-state index in [2.05, 4.69) is 29.4 Å². The molecule has 0 unspecified atom stereocenters. The molecule has 0 saturated heterocycles. The summed E-state index contributed by atoms with van der Waals surface area (Å²) in [4.78, 5) is 4.35. The summed E-state index contributed by atoms with van der Waals surface area (Å²) in [5.41, 5.74) is 2.28. The van der Waals surface area contributed by atoms with Gasteiger partial charge in [0, 0.05) is 18.8 Å². The van der Waals surface area contributed by atoms with Crippen molar-refractivity contribution >= 4 is 0 Å². The number of ether oxygens (including phenoxy) is 1. The molecule has 3 heteroatoms. The number of nitrogens with zero attached hydrogens (tertiary/aromatic N) is 1. The van der Waals surface area contributed by atoms with Crippen LogP contribution in [0.4, 0.5) is 0 Å². The van der Waals surface area contributed by atoms with Crippen molar-refractivity contribution in [1.29, 1.82) is 0 Å². The van der Waals surface area contributed by atoms with Crippen LogP contribution in [0, 0.1) is 0 Å². The Labute approximate surface area is 114 Å². The zero-order chi connectivity index (χ0) is 13.5. The lowest BCUT2D eigenvalue weighted by molar-refractivity contribution is 0.339. The first kappa shape index (κ1) is 13.6. The number of pyridine rings is 1. The highest BCUT2D eigenvalue weighted by Gasteiger charge is 2.05. The van der Waals surface area contributed by atoms with Crippen LogP contribution in [0.5, 0.6) is 5.75 Å². The van der Waals surface area contributed by atoms with Gasteiger partial charge in [0.2, 0.25) is 0 Å². The van der Waals surface area contributed by atoms with Gasteiger partial charge in [-0.25, -0.2) is 0 Å². The molecule has 2 rings (SSSR count). The van der Waals surface area contributed by atoms with Gasteiger partial charge in [-0.2, -0.15) is 0 Å². The second-order valence-electron chi connectivity index (χ2n) is 4.44. The Bertz CT molecular complexity index is 499. The van der Waals surface area contributed by atoms with Gasteiger partial charge in [-0.15, -0.1) is 0 Å². The third-order valence-electron chi connectivity index (χ3n) is 2.95. The van der Waals surface area contributed by atoms with Crippen LogP contribution in [0.3, 0.4) is 0 Å². The molecule has 1 heterocycles.